The van der Waals surface area contributed by atoms with Crippen LogP contribution in [0.4, 0.5) is 5.69 Å². The van der Waals surface area contributed by atoms with E-state index in [-0.39, 0.29) is 69.5 Å². The smallest absolute Gasteiger partial charge is 1.00 e. The van der Waals surface area contributed by atoms with Crippen LogP contribution >= 0.6 is 0 Å². The van der Waals surface area contributed by atoms with E-state index in [1.165, 1.54) is 24.3 Å². The van der Waals surface area contributed by atoms with Crippen LogP contribution in [0.25, 0.3) is 0 Å². The Morgan fingerprint density at radius 1 is 0.958 bits per heavy atom. The number of rotatable bonds is 2. The quantitative estimate of drug-likeness (QED) is 0.256. The molecule has 1 N–H and O–H groups in total. The number of benzene rings is 2. The summed E-state index contributed by atoms with van der Waals surface area (Å²) in [5, 5.41) is 11.1. The number of nitrogens with zero attached hydrogens (tertiary/aromatic N) is 1. The second-order valence-corrected chi connectivity index (χ2v) is 6.16. The van der Waals surface area contributed by atoms with Crippen molar-refractivity contribution in [3.05, 3.63) is 68.8 Å². The van der Waals surface area contributed by atoms with Crippen molar-refractivity contribution in [1.82, 2.24) is 0 Å². The molecule has 0 aromatic heterocycles. The van der Waals surface area contributed by atoms with Crippen molar-refractivity contribution in [2.75, 3.05) is 0 Å². The minimum Gasteiger partial charge on any atom is -1.00 e. The van der Waals surface area contributed by atoms with Gasteiger partial charge in [0.15, 0.2) is 5.78 Å². The maximum absolute atomic E-state index is 12.5. The van der Waals surface area contributed by atoms with Gasteiger partial charge in [-0.25, -0.2) is 0 Å². The summed E-state index contributed by atoms with van der Waals surface area (Å²) < 4.78 is 32.1. The van der Waals surface area contributed by atoms with E-state index >= 15 is 0 Å². The molecule has 2 aromatic carbocycles. The molecule has 3 rings (SSSR count). The summed E-state index contributed by atoms with van der Waals surface area (Å²) in [4.78, 5) is 34.6. The van der Waals surface area contributed by atoms with Crippen LogP contribution in [0.15, 0.2) is 41.3 Å². The summed E-state index contributed by atoms with van der Waals surface area (Å²) in [6, 6.07) is 6.86. The number of nitro benzene ring substituents is 1. The van der Waals surface area contributed by atoms with Crippen LogP contribution < -0.4 is 51.4 Å². The van der Waals surface area contributed by atoms with Crippen molar-refractivity contribution in [3.63, 3.8) is 0 Å². The molecule has 24 heavy (non-hydrogen) atoms. The van der Waals surface area contributed by atoms with E-state index in [0.717, 1.165) is 12.1 Å². The van der Waals surface area contributed by atoms with Crippen LogP contribution in [0.1, 0.15) is 33.3 Å². The van der Waals surface area contributed by atoms with Crippen molar-refractivity contribution in [3.8, 4) is 0 Å². The number of nitro groups is 1. The summed E-state index contributed by atoms with van der Waals surface area (Å²) in [5.41, 5.74) is -1.97. The third kappa shape index (κ3) is 2.90. The Balaban J connectivity index is 0.00000156. The number of ketones is 2. The number of carbonyl (C=O) groups is 2. The van der Waals surface area contributed by atoms with E-state index in [0.29, 0.717) is 0 Å². The van der Waals surface area contributed by atoms with E-state index in [9.17, 15) is 32.7 Å². The molecule has 0 saturated carbocycles. The van der Waals surface area contributed by atoms with Crippen molar-refractivity contribution in [2.45, 2.75) is 4.90 Å². The minimum absolute atomic E-state index is 0. The number of carbonyl (C=O) groups excluding carboxylic acids is 2. The second kappa shape index (κ2) is 6.56. The van der Waals surface area contributed by atoms with Crippen LogP contribution in [0.3, 0.4) is 0 Å². The van der Waals surface area contributed by atoms with E-state index in [4.69, 9.17) is 0 Å². The first-order valence-corrected chi connectivity index (χ1v) is 7.65. The molecule has 8 nitrogen and oxygen atoms in total. The number of fused-ring (bicyclic) bond motifs is 2. The molecular formula is C14H8KNO7S. The third-order valence-corrected chi connectivity index (χ3v) is 4.38. The molecule has 0 aliphatic heterocycles. The molecule has 0 spiro atoms. The Bertz CT molecular complexity index is 1020. The molecule has 2 aromatic rings. The fourth-order valence-corrected chi connectivity index (χ4v) is 3.27. The van der Waals surface area contributed by atoms with Crippen molar-refractivity contribution >= 4 is 27.4 Å². The van der Waals surface area contributed by atoms with Gasteiger partial charge in [0, 0.05) is 17.2 Å². The molecule has 0 fully saturated rings. The summed E-state index contributed by atoms with van der Waals surface area (Å²) in [5.74, 6) is -1.71. The van der Waals surface area contributed by atoms with Gasteiger partial charge in [0.25, 0.3) is 15.8 Å². The van der Waals surface area contributed by atoms with Crippen LogP contribution in [0.2, 0.25) is 0 Å². The largest absolute Gasteiger partial charge is 1.00 e. The van der Waals surface area contributed by atoms with Gasteiger partial charge in [-0.15, -0.1) is 0 Å². The topological polar surface area (TPSA) is 132 Å². The standard InChI is InChI=1S/C14H7NO7S.K.H/c16-13-8-4-2-6-10(23(20,21)22)12(8)14(17)7-3-1-5-9(11(7)13)15(18)19;;/h1-6H,(H,20,21,22);;/q;+1;-1. The third-order valence-electron chi connectivity index (χ3n) is 3.49. The molecule has 0 unspecified atom stereocenters. The summed E-state index contributed by atoms with van der Waals surface area (Å²) in [6.45, 7) is 0. The van der Waals surface area contributed by atoms with Gasteiger partial charge in [0.1, 0.15) is 10.5 Å². The molecule has 0 atom stereocenters. The zero-order valence-electron chi connectivity index (χ0n) is 13.2. The summed E-state index contributed by atoms with van der Waals surface area (Å²) in [7, 11) is -4.74. The number of hydrogen-bond donors (Lipinski definition) is 1. The van der Waals surface area contributed by atoms with E-state index in [1.807, 2.05) is 0 Å². The van der Waals surface area contributed by atoms with Crippen LogP contribution in [0, 0.1) is 10.1 Å². The fraction of sp³-hybridized carbons (Fsp3) is 0. The van der Waals surface area contributed by atoms with E-state index < -0.39 is 42.8 Å². The Hall–Kier alpha value is -1.27. The molecule has 0 radical (unpaired) electrons. The van der Waals surface area contributed by atoms with Gasteiger partial charge in [-0.2, -0.15) is 8.42 Å². The van der Waals surface area contributed by atoms with Gasteiger partial charge in [0.05, 0.1) is 10.5 Å². The molecule has 0 amide bonds. The maximum Gasteiger partial charge on any atom is 1.00 e. The first-order chi connectivity index (χ1) is 10.7. The first-order valence-electron chi connectivity index (χ1n) is 6.21. The van der Waals surface area contributed by atoms with Gasteiger partial charge in [-0.1, -0.05) is 18.2 Å². The molecule has 1 aliphatic carbocycles. The monoisotopic (exact) mass is 373 g/mol. The predicted octanol–water partition coefficient (Wildman–Crippen LogP) is -1.27. The fourth-order valence-electron chi connectivity index (χ4n) is 2.56. The van der Waals surface area contributed by atoms with Crippen LogP contribution in [-0.4, -0.2) is 29.5 Å². The zero-order valence-corrected chi connectivity index (χ0v) is 16.2. The Morgan fingerprint density at radius 3 is 2.00 bits per heavy atom. The van der Waals surface area contributed by atoms with Gasteiger partial charge in [-0.05, 0) is 12.1 Å². The van der Waals surface area contributed by atoms with Gasteiger partial charge in [0.2, 0.25) is 5.78 Å². The molecule has 1 aliphatic rings. The molecule has 118 valence electrons. The van der Waals surface area contributed by atoms with Gasteiger partial charge < -0.3 is 1.43 Å². The molecular weight excluding hydrogens is 365 g/mol. The first kappa shape index (κ1) is 19.1. The minimum atomic E-state index is -4.74. The van der Waals surface area contributed by atoms with Crippen LogP contribution in [0.5, 0.6) is 0 Å². The van der Waals surface area contributed by atoms with Crippen LogP contribution in [-0.2, 0) is 10.1 Å². The average molecular weight is 373 g/mol. The SMILES string of the molecule is O=C1c2cccc(S(=O)(=O)O)c2C(=O)c2cccc([N+](=O)[O-])c21.[H-].[K+]. The zero-order chi connectivity index (χ0) is 16.9. The molecule has 0 bridgehead atoms. The van der Waals surface area contributed by atoms with Crippen molar-refractivity contribution in [2.24, 2.45) is 0 Å². The van der Waals surface area contributed by atoms with E-state index in [1.54, 1.807) is 0 Å². The number of hydrogen-bond acceptors (Lipinski definition) is 6. The van der Waals surface area contributed by atoms with Crippen molar-refractivity contribution < 1.29 is 80.3 Å². The molecule has 0 heterocycles. The van der Waals surface area contributed by atoms with Gasteiger partial charge >= 0.3 is 51.4 Å². The maximum atomic E-state index is 12.5. The van der Waals surface area contributed by atoms with Crippen molar-refractivity contribution in [1.29, 1.82) is 0 Å². The average Bonchev–Trinajstić information content (AvgIpc) is 2.50. The second-order valence-electron chi connectivity index (χ2n) is 4.77. The Morgan fingerprint density at radius 2 is 1.46 bits per heavy atom. The normalized spacial score (nSPS) is 12.9. The summed E-state index contributed by atoms with van der Waals surface area (Å²) in [6.07, 6.45) is 0. The van der Waals surface area contributed by atoms with Gasteiger partial charge in [-0.3, -0.25) is 24.3 Å². The predicted molar refractivity (Wildman–Crippen MR) is 77.3 cm³/mol. The Labute approximate surface area is 179 Å². The molecule has 0 saturated heterocycles. The van der Waals surface area contributed by atoms with E-state index in [2.05, 4.69) is 0 Å². The summed E-state index contributed by atoms with van der Waals surface area (Å²) >= 11 is 0. The Kier molecular flexibility index (Phi) is 5.21. The molecule has 10 heteroatoms.